The van der Waals surface area contributed by atoms with E-state index in [1.165, 1.54) is 36.8 Å². The SMILES string of the molecule is CCCCCCOCc1ccccc1CCNCC(C)C. The van der Waals surface area contributed by atoms with Crippen LogP contribution >= 0.6 is 0 Å². The molecule has 0 aliphatic rings. The van der Waals surface area contributed by atoms with Crippen LogP contribution in [-0.2, 0) is 17.8 Å². The van der Waals surface area contributed by atoms with Gasteiger partial charge in [0, 0.05) is 6.61 Å². The Kier molecular flexibility index (Phi) is 10.2. The van der Waals surface area contributed by atoms with E-state index in [4.69, 9.17) is 4.74 Å². The van der Waals surface area contributed by atoms with Gasteiger partial charge in [0.1, 0.15) is 0 Å². The molecule has 0 aromatic heterocycles. The second kappa shape index (κ2) is 11.8. The van der Waals surface area contributed by atoms with Crippen molar-refractivity contribution in [1.82, 2.24) is 5.32 Å². The Hall–Kier alpha value is -0.860. The molecule has 0 saturated heterocycles. The summed E-state index contributed by atoms with van der Waals surface area (Å²) < 4.78 is 5.83. The number of nitrogens with one attached hydrogen (secondary N) is 1. The van der Waals surface area contributed by atoms with Crippen LogP contribution in [0.4, 0.5) is 0 Å². The van der Waals surface area contributed by atoms with Crippen LogP contribution < -0.4 is 5.32 Å². The van der Waals surface area contributed by atoms with Gasteiger partial charge in [-0.2, -0.15) is 0 Å². The van der Waals surface area contributed by atoms with Crippen molar-refractivity contribution in [3.05, 3.63) is 35.4 Å². The molecule has 1 rings (SSSR count). The Morgan fingerprint density at radius 2 is 1.81 bits per heavy atom. The molecule has 1 aromatic carbocycles. The van der Waals surface area contributed by atoms with E-state index in [-0.39, 0.29) is 0 Å². The zero-order valence-corrected chi connectivity index (χ0v) is 14.2. The van der Waals surface area contributed by atoms with Gasteiger partial charge >= 0.3 is 0 Å². The molecule has 1 N–H and O–H groups in total. The van der Waals surface area contributed by atoms with Gasteiger partial charge in [-0.1, -0.05) is 64.3 Å². The van der Waals surface area contributed by atoms with E-state index in [2.05, 4.69) is 50.4 Å². The highest BCUT2D eigenvalue weighted by molar-refractivity contribution is 5.26. The van der Waals surface area contributed by atoms with Crippen LogP contribution in [0.15, 0.2) is 24.3 Å². The number of benzene rings is 1. The molecule has 0 aliphatic heterocycles. The second-order valence-electron chi connectivity index (χ2n) is 6.23. The zero-order chi connectivity index (χ0) is 15.3. The summed E-state index contributed by atoms with van der Waals surface area (Å²) in [4.78, 5) is 0. The number of hydrogen-bond acceptors (Lipinski definition) is 2. The average molecular weight is 291 g/mol. The van der Waals surface area contributed by atoms with E-state index in [1.807, 2.05) is 0 Å². The van der Waals surface area contributed by atoms with Gasteiger partial charge in [-0.15, -0.1) is 0 Å². The molecular weight excluding hydrogens is 258 g/mol. The molecule has 1 aromatic rings. The van der Waals surface area contributed by atoms with E-state index in [1.54, 1.807) is 0 Å². The van der Waals surface area contributed by atoms with E-state index in [0.29, 0.717) is 5.92 Å². The maximum Gasteiger partial charge on any atom is 0.0719 e. The van der Waals surface area contributed by atoms with E-state index in [9.17, 15) is 0 Å². The molecule has 0 atom stereocenters. The standard InChI is InChI=1S/C19H33NO/c1-4-5-6-9-14-21-16-19-11-8-7-10-18(19)12-13-20-15-17(2)3/h7-8,10-11,17,20H,4-6,9,12-16H2,1-3H3. The molecule has 2 heteroatoms. The van der Waals surface area contributed by atoms with Gasteiger partial charge in [0.25, 0.3) is 0 Å². The first kappa shape index (κ1) is 18.2. The fourth-order valence-corrected chi connectivity index (χ4v) is 2.37. The fraction of sp³-hybridized carbons (Fsp3) is 0.684. The molecule has 0 spiro atoms. The molecule has 0 fully saturated rings. The normalized spacial score (nSPS) is 11.2. The summed E-state index contributed by atoms with van der Waals surface area (Å²) in [6, 6.07) is 8.67. The molecule has 0 radical (unpaired) electrons. The Morgan fingerprint density at radius 1 is 1.05 bits per heavy atom. The summed E-state index contributed by atoms with van der Waals surface area (Å²) in [5.41, 5.74) is 2.77. The quantitative estimate of drug-likeness (QED) is 0.569. The third kappa shape index (κ3) is 8.90. The first-order valence-corrected chi connectivity index (χ1v) is 8.59. The van der Waals surface area contributed by atoms with Crippen molar-refractivity contribution in [1.29, 1.82) is 0 Å². The summed E-state index contributed by atoms with van der Waals surface area (Å²) >= 11 is 0. The number of rotatable bonds is 12. The predicted molar refractivity (Wildman–Crippen MR) is 91.7 cm³/mol. The number of ether oxygens (including phenoxy) is 1. The predicted octanol–water partition coefficient (Wildman–Crippen LogP) is 4.57. The minimum atomic E-state index is 0.715. The lowest BCUT2D eigenvalue weighted by atomic mass is 10.1. The van der Waals surface area contributed by atoms with Crippen LogP contribution in [0, 0.1) is 5.92 Å². The van der Waals surface area contributed by atoms with Gasteiger partial charge in [-0.3, -0.25) is 0 Å². The molecule has 0 saturated carbocycles. The van der Waals surface area contributed by atoms with Crippen LogP contribution in [0.25, 0.3) is 0 Å². The molecule has 0 unspecified atom stereocenters. The number of unbranched alkanes of at least 4 members (excludes halogenated alkanes) is 3. The monoisotopic (exact) mass is 291 g/mol. The summed E-state index contributed by atoms with van der Waals surface area (Å²) in [6.07, 6.45) is 6.17. The molecule has 0 heterocycles. The van der Waals surface area contributed by atoms with Crippen LogP contribution in [0.2, 0.25) is 0 Å². The fourth-order valence-electron chi connectivity index (χ4n) is 2.37. The molecule has 0 bridgehead atoms. The summed E-state index contributed by atoms with van der Waals surface area (Å²) in [7, 11) is 0. The summed E-state index contributed by atoms with van der Waals surface area (Å²) in [6.45, 7) is 10.5. The minimum absolute atomic E-state index is 0.715. The molecule has 0 amide bonds. The third-order valence-corrected chi connectivity index (χ3v) is 3.64. The van der Waals surface area contributed by atoms with Crippen LogP contribution in [-0.4, -0.2) is 19.7 Å². The Bertz CT molecular complexity index is 362. The van der Waals surface area contributed by atoms with Crippen molar-refractivity contribution in [3.63, 3.8) is 0 Å². The average Bonchev–Trinajstić information content (AvgIpc) is 2.48. The van der Waals surface area contributed by atoms with Crippen LogP contribution in [0.1, 0.15) is 57.6 Å². The summed E-state index contributed by atoms with van der Waals surface area (Å²) in [5.74, 6) is 0.715. The first-order valence-electron chi connectivity index (χ1n) is 8.59. The van der Waals surface area contributed by atoms with Crippen molar-refractivity contribution in [2.45, 2.75) is 59.5 Å². The van der Waals surface area contributed by atoms with Gasteiger partial charge < -0.3 is 10.1 Å². The highest BCUT2D eigenvalue weighted by Crippen LogP contribution is 2.11. The van der Waals surface area contributed by atoms with Crippen LogP contribution in [0.3, 0.4) is 0 Å². The van der Waals surface area contributed by atoms with Crippen molar-refractivity contribution in [3.8, 4) is 0 Å². The van der Waals surface area contributed by atoms with Gasteiger partial charge in [-0.25, -0.2) is 0 Å². The Balaban J connectivity index is 2.26. The van der Waals surface area contributed by atoms with E-state index >= 15 is 0 Å². The van der Waals surface area contributed by atoms with E-state index < -0.39 is 0 Å². The minimum Gasteiger partial charge on any atom is -0.377 e. The molecule has 0 aliphatic carbocycles. The maximum absolute atomic E-state index is 5.83. The second-order valence-corrected chi connectivity index (χ2v) is 6.23. The largest absolute Gasteiger partial charge is 0.377 e. The molecular formula is C19H33NO. The maximum atomic E-state index is 5.83. The lowest BCUT2D eigenvalue weighted by molar-refractivity contribution is 0.116. The lowest BCUT2D eigenvalue weighted by Gasteiger charge is -2.12. The third-order valence-electron chi connectivity index (χ3n) is 3.64. The zero-order valence-electron chi connectivity index (χ0n) is 14.2. The molecule has 21 heavy (non-hydrogen) atoms. The highest BCUT2D eigenvalue weighted by Gasteiger charge is 2.02. The van der Waals surface area contributed by atoms with Gasteiger partial charge in [0.15, 0.2) is 0 Å². The smallest absolute Gasteiger partial charge is 0.0719 e. The van der Waals surface area contributed by atoms with E-state index in [0.717, 1.165) is 32.7 Å². The Morgan fingerprint density at radius 3 is 2.52 bits per heavy atom. The van der Waals surface area contributed by atoms with Crippen molar-refractivity contribution < 1.29 is 4.74 Å². The van der Waals surface area contributed by atoms with Crippen molar-refractivity contribution in [2.24, 2.45) is 5.92 Å². The topological polar surface area (TPSA) is 21.3 Å². The lowest BCUT2D eigenvalue weighted by Crippen LogP contribution is -2.22. The molecule has 120 valence electrons. The highest BCUT2D eigenvalue weighted by atomic mass is 16.5. The van der Waals surface area contributed by atoms with Gasteiger partial charge in [0.2, 0.25) is 0 Å². The van der Waals surface area contributed by atoms with Crippen LogP contribution in [0.5, 0.6) is 0 Å². The molecule has 2 nitrogen and oxygen atoms in total. The van der Waals surface area contributed by atoms with Crippen molar-refractivity contribution in [2.75, 3.05) is 19.7 Å². The first-order chi connectivity index (χ1) is 10.2. The van der Waals surface area contributed by atoms with Gasteiger partial charge in [0.05, 0.1) is 6.61 Å². The summed E-state index contributed by atoms with van der Waals surface area (Å²) in [5, 5.41) is 3.51. The van der Waals surface area contributed by atoms with Crippen molar-refractivity contribution >= 4 is 0 Å². The Labute approximate surface area is 131 Å². The van der Waals surface area contributed by atoms with Gasteiger partial charge in [-0.05, 0) is 43.0 Å². The number of hydrogen-bond donors (Lipinski definition) is 1.